The van der Waals surface area contributed by atoms with Crippen molar-refractivity contribution in [2.75, 3.05) is 0 Å². The summed E-state index contributed by atoms with van der Waals surface area (Å²) in [7, 11) is 0. The van der Waals surface area contributed by atoms with Crippen LogP contribution < -0.4 is 0 Å². The summed E-state index contributed by atoms with van der Waals surface area (Å²) in [6, 6.07) is 4.02. The van der Waals surface area contributed by atoms with Crippen LogP contribution in [0.2, 0.25) is 0 Å². The standard InChI is InChI=1S/C11H10OS2/c1-2-8-9(13)3-4-10-11(8)7(5-12)6-14-10/h3-6,13H,2H2,1H3. The molecule has 0 N–H and O–H groups in total. The van der Waals surface area contributed by atoms with Crippen molar-refractivity contribution in [1.29, 1.82) is 0 Å². The highest BCUT2D eigenvalue weighted by Crippen LogP contribution is 2.32. The molecule has 0 bridgehead atoms. The maximum Gasteiger partial charge on any atom is 0.151 e. The first-order valence-electron chi connectivity index (χ1n) is 4.45. The average molecular weight is 222 g/mol. The third-order valence-corrected chi connectivity index (χ3v) is 3.72. The van der Waals surface area contributed by atoms with Crippen molar-refractivity contribution in [3.8, 4) is 0 Å². The molecule has 1 nitrogen and oxygen atoms in total. The second-order valence-electron chi connectivity index (χ2n) is 3.10. The van der Waals surface area contributed by atoms with E-state index in [1.165, 1.54) is 10.3 Å². The number of thiol groups is 1. The van der Waals surface area contributed by atoms with E-state index >= 15 is 0 Å². The third-order valence-electron chi connectivity index (χ3n) is 2.33. The number of carbonyl (C=O) groups is 1. The van der Waals surface area contributed by atoms with Crippen molar-refractivity contribution < 1.29 is 4.79 Å². The van der Waals surface area contributed by atoms with E-state index in [9.17, 15) is 4.79 Å². The number of benzene rings is 1. The molecule has 0 aliphatic heterocycles. The van der Waals surface area contributed by atoms with Gasteiger partial charge in [0.15, 0.2) is 6.29 Å². The SMILES string of the molecule is CCc1c(S)ccc2scc(C=O)c12. The first-order chi connectivity index (χ1) is 6.77. The van der Waals surface area contributed by atoms with Gasteiger partial charge in [0.05, 0.1) is 0 Å². The van der Waals surface area contributed by atoms with Crippen LogP contribution in [-0.2, 0) is 6.42 Å². The van der Waals surface area contributed by atoms with Crippen LogP contribution in [0.3, 0.4) is 0 Å². The Balaban J connectivity index is 2.88. The Morgan fingerprint density at radius 3 is 2.93 bits per heavy atom. The minimum Gasteiger partial charge on any atom is -0.298 e. The lowest BCUT2D eigenvalue weighted by Gasteiger charge is -2.04. The Kier molecular flexibility index (Phi) is 2.61. The van der Waals surface area contributed by atoms with Gasteiger partial charge < -0.3 is 0 Å². The molecule has 0 fully saturated rings. The van der Waals surface area contributed by atoms with Gasteiger partial charge in [-0.3, -0.25) is 4.79 Å². The van der Waals surface area contributed by atoms with Crippen molar-refractivity contribution >= 4 is 40.3 Å². The van der Waals surface area contributed by atoms with E-state index in [1.807, 2.05) is 17.5 Å². The van der Waals surface area contributed by atoms with Crippen LogP contribution in [0.15, 0.2) is 22.4 Å². The summed E-state index contributed by atoms with van der Waals surface area (Å²) in [6.07, 6.45) is 1.83. The van der Waals surface area contributed by atoms with Gasteiger partial charge in [0.25, 0.3) is 0 Å². The Bertz CT molecular complexity index is 485. The van der Waals surface area contributed by atoms with Gasteiger partial charge in [0.1, 0.15) is 0 Å². The van der Waals surface area contributed by atoms with Crippen molar-refractivity contribution in [1.82, 2.24) is 0 Å². The molecule has 0 aliphatic rings. The topological polar surface area (TPSA) is 17.1 Å². The van der Waals surface area contributed by atoms with Crippen LogP contribution in [0.4, 0.5) is 0 Å². The van der Waals surface area contributed by atoms with E-state index in [4.69, 9.17) is 0 Å². The minimum atomic E-state index is 0.790. The monoisotopic (exact) mass is 222 g/mol. The van der Waals surface area contributed by atoms with Crippen LogP contribution in [0.1, 0.15) is 22.8 Å². The van der Waals surface area contributed by atoms with E-state index in [0.717, 1.165) is 28.6 Å². The highest BCUT2D eigenvalue weighted by atomic mass is 32.1. The molecule has 1 aromatic heterocycles. The van der Waals surface area contributed by atoms with Crippen LogP contribution >= 0.6 is 24.0 Å². The molecule has 0 saturated heterocycles. The summed E-state index contributed by atoms with van der Waals surface area (Å²) in [6.45, 7) is 2.08. The number of aryl methyl sites for hydroxylation is 1. The van der Waals surface area contributed by atoms with E-state index in [0.29, 0.717) is 0 Å². The van der Waals surface area contributed by atoms with Crippen LogP contribution in [0.25, 0.3) is 10.1 Å². The van der Waals surface area contributed by atoms with Gasteiger partial charge in [-0.15, -0.1) is 24.0 Å². The van der Waals surface area contributed by atoms with Crippen LogP contribution in [-0.4, -0.2) is 6.29 Å². The molecule has 0 amide bonds. The molecule has 72 valence electrons. The number of fused-ring (bicyclic) bond motifs is 1. The number of thiophene rings is 1. The predicted molar refractivity (Wildman–Crippen MR) is 63.8 cm³/mol. The first kappa shape index (κ1) is 9.74. The molecule has 0 aliphatic carbocycles. The quantitative estimate of drug-likeness (QED) is 0.607. The highest BCUT2D eigenvalue weighted by molar-refractivity contribution is 7.80. The number of carbonyl (C=O) groups excluding carboxylic acids is 1. The Morgan fingerprint density at radius 1 is 1.50 bits per heavy atom. The summed E-state index contributed by atoms with van der Waals surface area (Å²) < 4.78 is 1.17. The molecule has 0 unspecified atom stereocenters. The number of hydrogen-bond acceptors (Lipinski definition) is 3. The average Bonchev–Trinajstić information content (AvgIpc) is 2.61. The molecule has 0 spiro atoms. The van der Waals surface area contributed by atoms with Gasteiger partial charge in [-0.25, -0.2) is 0 Å². The molecule has 1 aromatic carbocycles. The normalized spacial score (nSPS) is 10.7. The second-order valence-corrected chi connectivity index (χ2v) is 4.49. The maximum atomic E-state index is 10.8. The largest absolute Gasteiger partial charge is 0.298 e. The zero-order chi connectivity index (χ0) is 10.1. The molecule has 0 saturated carbocycles. The van der Waals surface area contributed by atoms with Gasteiger partial charge in [-0.05, 0) is 24.1 Å². The third kappa shape index (κ3) is 1.37. The number of hydrogen-bond donors (Lipinski definition) is 1. The lowest BCUT2D eigenvalue weighted by atomic mass is 10.1. The fourth-order valence-corrected chi connectivity index (χ4v) is 2.94. The molecule has 0 atom stereocenters. The van der Waals surface area contributed by atoms with Gasteiger partial charge in [-0.1, -0.05) is 6.92 Å². The molecular weight excluding hydrogens is 212 g/mol. The fourth-order valence-electron chi connectivity index (χ4n) is 1.66. The molecule has 2 rings (SSSR count). The summed E-state index contributed by atoms with van der Waals surface area (Å²) in [5, 5.41) is 2.99. The lowest BCUT2D eigenvalue weighted by Crippen LogP contribution is -1.87. The maximum absolute atomic E-state index is 10.8. The predicted octanol–water partition coefficient (Wildman–Crippen LogP) is 3.56. The molecule has 14 heavy (non-hydrogen) atoms. The van der Waals surface area contributed by atoms with Gasteiger partial charge >= 0.3 is 0 Å². The molecule has 2 aromatic rings. The summed E-state index contributed by atoms with van der Waals surface area (Å²) >= 11 is 6.02. The Hall–Kier alpha value is -0.800. The lowest BCUT2D eigenvalue weighted by molar-refractivity contribution is 0.112. The first-order valence-corrected chi connectivity index (χ1v) is 5.77. The summed E-state index contributed by atoms with van der Waals surface area (Å²) in [5.41, 5.74) is 1.96. The molecule has 3 heteroatoms. The van der Waals surface area contributed by atoms with Crippen molar-refractivity contribution in [3.05, 3.63) is 28.6 Å². The molecular formula is C11H10OS2. The zero-order valence-electron chi connectivity index (χ0n) is 7.78. The van der Waals surface area contributed by atoms with Gasteiger partial charge in [-0.2, -0.15) is 0 Å². The smallest absolute Gasteiger partial charge is 0.151 e. The van der Waals surface area contributed by atoms with Crippen LogP contribution in [0, 0.1) is 0 Å². The number of rotatable bonds is 2. The Morgan fingerprint density at radius 2 is 2.29 bits per heavy atom. The van der Waals surface area contributed by atoms with Gasteiger partial charge in [0.2, 0.25) is 0 Å². The minimum absolute atomic E-state index is 0.790. The molecule has 0 radical (unpaired) electrons. The highest BCUT2D eigenvalue weighted by Gasteiger charge is 2.09. The Labute approximate surface area is 92.2 Å². The zero-order valence-corrected chi connectivity index (χ0v) is 9.49. The van der Waals surface area contributed by atoms with Crippen LogP contribution in [0.5, 0.6) is 0 Å². The van der Waals surface area contributed by atoms with Crippen molar-refractivity contribution in [3.63, 3.8) is 0 Å². The fraction of sp³-hybridized carbons (Fsp3) is 0.182. The second kappa shape index (κ2) is 3.75. The van der Waals surface area contributed by atoms with E-state index in [1.54, 1.807) is 11.3 Å². The van der Waals surface area contributed by atoms with Crippen molar-refractivity contribution in [2.45, 2.75) is 18.2 Å². The number of aldehydes is 1. The van der Waals surface area contributed by atoms with Crippen molar-refractivity contribution in [2.24, 2.45) is 0 Å². The van der Waals surface area contributed by atoms with E-state index < -0.39 is 0 Å². The summed E-state index contributed by atoms with van der Waals surface area (Å²) in [4.78, 5) is 11.8. The van der Waals surface area contributed by atoms with E-state index in [-0.39, 0.29) is 0 Å². The molecule has 1 heterocycles. The van der Waals surface area contributed by atoms with E-state index in [2.05, 4.69) is 19.6 Å². The van der Waals surface area contributed by atoms with Gasteiger partial charge in [0, 0.05) is 25.9 Å². The summed E-state index contributed by atoms with van der Waals surface area (Å²) in [5.74, 6) is 0.